The van der Waals surface area contributed by atoms with Crippen molar-refractivity contribution in [2.24, 2.45) is 5.73 Å². The van der Waals surface area contributed by atoms with Crippen molar-refractivity contribution in [1.29, 1.82) is 0 Å². The van der Waals surface area contributed by atoms with E-state index in [9.17, 15) is 18.4 Å². The van der Waals surface area contributed by atoms with Gasteiger partial charge in [0.05, 0.1) is 19.1 Å². The average molecular weight is 352 g/mol. The smallest absolute Gasteiger partial charge is 0.387 e. The van der Waals surface area contributed by atoms with Gasteiger partial charge in [0.1, 0.15) is 5.75 Å². The number of benzene rings is 1. The van der Waals surface area contributed by atoms with Gasteiger partial charge in [-0.05, 0) is 12.5 Å². The maximum absolute atomic E-state index is 12.4. The Morgan fingerprint density at radius 3 is 2.48 bits per heavy atom. The number of alkyl halides is 2. The SMILES string of the molecule is CCC(NC(=O)CNC(=O)CN)c1ccccc1OC(F)F.Cl. The largest absolute Gasteiger partial charge is 0.434 e. The van der Waals surface area contributed by atoms with Gasteiger partial charge in [-0.1, -0.05) is 25.1 Å². The van der Waals surface area contributed by atoms with Crippen molar-refractivity contribution in [2.75, 3.05) is 13.1 Å². The van der Waals surface area contributed by atoms with Gasteiger partial charge in [0.15, 0.2) is 0 Å². The number of carbonyl (C=O) groups excluding carboxylic acids is 2. The number of rotatable bonds is 8. The first-order valence-corrected chi connectivity index (χ1v) is 6.77. The van der Waals surface area contributed by atoms with E-state index in [1.54, 1.807) is 25.1 Å². The summed E-state index contributed by atoms with van der Waals surface area (Å²) in [4.78, 5) is 22.8. The number of nitrogens with two attached hydrogens (primary N) is 1. The average Bonchev–Trinajstić information content (AvgIpc) is 2.50. The Morgan fingerprint density at radius 2 is 1.91 bits per heavy atom. The predicted octanol–water partition coefficient (Wildman–Crippen LogP) is 1.35. The molecule has 6 nitrogen and oxygen atoms in total. The van der Waals surface area contributed by atoms with Crippen LogP contribution < -0.4 is 21.1 Å². The van der Waals surface area contributed by atoms with Crippen LogP contribution in [0.1, 0.15) is 24.9 Å². The highest BCUT2D eigenvalue weighted by molar-refractivity contribution is 5.86. The normalized spacial score (nSPS) is 11.3. The molecule has 0 aliphatic heterocycles. The quantitative estimate of drug-likeness (QED) is 0.659. The number of para-hydroxylation sites is 1. The molecule has 23 heavy (non-hydrogen) atoms. The summed E-state index contributed by atoms with van der Waals surface area (Å²) in [5.41, 5.74) is 5.56. The van der Waals surface area contributed by atoms with Crippen LogP contribution in [-0.2, 0) is 9.59 Å². The van der Waals surface area contributed by atoms with Crippen molar-refractivity contribution < 1.29 is 23.1 Å². The van der Waals surface area contributed by atoms with Crippen LogP contribution in [0.2, 0.25) is 0 Å². The van der Waals surface area contributed by atoms with Crippen LogP contribution in [0.15, 0.2) is 24.3 Å². The predicted molar refractivity (Wildman–Crippen MR) is 83.6 cm³/mol. The lowest BCUT2D eigenvalue weighted by atomic mass is 10.0. The second kappa shape index (κ2) is 10.7. The first kappa shape index (κ1) is 21.1. The summed E-state index contributed by atoms with van der Waals surface area (Å²) < 4.78 is 29.3. The van der Waals surface area contributed by atoms with Crippen LogP contribution in [0.5, 0.6) is 5.75 Å². The zero-order valence-electron chi connectivity index (χ0n) is 12.6. The second-order valence-electron chi connectivity index (χ2n) is 4.43. The van der Waals surface area contributed by atoms with Crippen molar-refractivity contribution >= 4 is 24.2 Å². The van der Waals surface area contributed by atoms with Crippen molar-refractivity contribution in [3.63, 3.8) is 0 Å². The van der Waals surface area contributed by atoms with E-state index < -0.39 is 24.5 Å². The number of ether oxygens (including phenoxy) is 1. The lowest BCUT2D eigenvalue weighted by Gasteiger charge is -2.20. The summed E-state index contributed by atoms with van der Waals surface area (Å²) >= 11 is 0. The molecule has 4 N–H and O–H groups in total. The maximum atomic E-state index is 12.4. The van der Waals surface area contributed by atoms with Crippen molar-refractivity contribution in [1.82, 2.24) is 10.6 Å². The molecule has 0 heterocycles. The summed E-state index contributed by atoms with van der Waals surface area (Å²) in [6, 6.07) is 5.74. The van der Waals surface area contributed by atoms with Crippen molar-refractivity contribution in [2.45, 2.75) is 26.0 Å². The fraction of sp³-hybridized carbons (Fsp3) is 0.429. The van der Waals surface area contributed by atoms with Gasteiger partial charge in [-0.2, -0.15) is 8.78 Å². The van der Waals surface area contributed by atoms with E-state index in [1.165, 1.54) is 6.07 Å². The molecule has 0 bridgehead atoms. The van der Waals surface area contributed by atoms with E-state index >= 15 is 0 Å². The van der Waals surface area contributed by atoms with E-state index in [1.807, 2.05) is 0 Å². The molecule has 0 saturated carbocycles. The summed E-state index contributed by atoms with van der Waals surface area (Å²) in [5, 5.41) is 4.99. The topological polar surface area (TPSA) is 93.5 Å². The lowest BCUT2D eigenvalue weighted by molar-refractivity contribution is -0.125. The molecule has 1 atom stereocenters. The minimum Gasteiger partial charge on any atom is -0.434 e. The Bertz CT molecular complexity index is 518. The maximum Gasteiger partial charge on any atom is 0.387 e. The van der Waals surface area contributed by atoms with Gasteiger partial charge in [0.2, 0.25) is 11.8 Å². The van der Waals surface area contributed by atoms with Crippen LogP contribution in [0.25, 0.3) is 0 Å². The molecule has 0 aromatic heterocycles. The summed E-state index contributed by atoms with van der Waals surface area (Å²) in [7, 11) is 0. The summed E-state index contributed by atoms with van der Waals surface area (Å²) in [6.45, 7) is -1.60. The fourth-order valence-corrected chi connectivity index (χ4v) is 1.87. The van der Waals surface area contributed by atoms with Crippen LogP contribution in [0.4, 0.5) is 8.78 Å². The van der Waals surface area contributed by atoms with Gasteiger partial charge in [-0.15, -0.1) is 12.4 Å². The fourth-order valence-electron chi connectivity index (χ4n) is 1.87. The first-order chi connectivity index (χ1) is 10.5. The number of nitrogens with one attached hydrogen (secondary N) is 2. The standard InChI is InChI=1S/C14H19F2N3O3.ClH/c1-2-10(19-13(21)8-18-12(20)7-17)9-5-3-4-6-11(9)22-14(15)16;/h3-6,10,14H,2,7-8,17H2,1H3,(H,18,20)(H,19,21);1H. The Kier molecular flexibility index (Phi) is 9.84. The molecule has 1 rings (SSSR count). The van der Waals surface area contributed by atoms with Crippen molar-refractivity contribution in [3.8, 4) is 5.75 Å². The molecule has 0 radical (unpaired) electrons. The number of amides is 2. The van der Waals surface area contributed by atoms with Gasteiger partial charge in [-0.25, -0.2) is 0 Å². The zero-order valence-corrected chi connectivity index (χ0v) is 13.4. The molecule has 0 fully saturated rings. The van der Waals surface area contributed by atoms with E-state index in [4.69, 9.17) is 5.73 Å². The molecule has 0 saturated heterocycles. The molecular weight excluding hydrogens is 332 g/mol. The highest BCUT2D eigenvalue weighted by atomic mass is 35.5. The monoisotopic (exact) mass is 351 g/mol. The number of carbonyl (C=O) groups is 2. The van der Waals surface area contributed by atoms with Crippen molar-refractivity contribution in [3.05, 3.63) is 29.8 Å². The van der Waals surface area contributed by atoms with Gasteiger partial charge >= 0.3 is 6.61 Å². The Labute approximate surface area is 139 Å². The highest BCUT2D eigenvalue weighted by Gasteiger charge is 2.18. The Balaban J connectivity index is 0.00000484. The Morgan fingerprint density at radius 1 is 1.26 bits per heavy atom. The third-order valence-corrected chi connectivity index (χ3v) is 2.89. The number of hydrogen-bond acceptors (Lipinski definition) is 4. The van der Waals surface area contributed by atoms with Crippen LogP contribution >= 0.6 is 12.4 Å². The molecule has 0 spiro atoms. The second-order valence-corrected chi connectivity index (χ2v) is 4.43. The minimum atomic E-state index is -2.95. The summed E-state index contributed by atoms with van der Waals surface area (Å²) in [6.07, 6.45) is 0.472. The van der Waals surface area contributed by atoms with Gasteiger partial charge in [0.25, 0.3) is 0 Å². The Hall–Kier alpha value is -1.93. The third-order valence-electron chi connectivity index (χ3n) is 2.89. The number of halogens is 3. The number of hydrogen-bond donors (Lipinski definition) is 3. The van der Waals surface area contributed by atoms with E-state index in [0.29, 0.717) is 12.0 Å². The molecule has 130 valence electrons. The van der Waals surface area contributed by atoms with Gasteiger partial charge in [0, 0.05) is 5.56 Å². The minimum absolute atomic E-state index is 0. The van der Waals surface area contributed by atoms with Gasteiger partial charge in [-0.3, -0.25) is 9.59 Å². The third kappa shape index (κ3) is 7.25. The molecule has 1 aromatic carbocycles. The molecule has 2 amide bonds. The summed E-state index contributed by atoms with van der Waals surface area (Å²) in [5.74, 6) is -0.888. The van der Waals surface area contributed by atoms with Crippen LogP contribution in [0, 0.1) is 0 Å². The van der Waals surface area contributed by atoms with E-state index in [0.717, 1.165) is 0 Å². The molecule has 0 aliphatic rings. The highest BCUT2D eigenvalue weighted by Crippen LogP contribution is 2.28. The molecular formula is C14H20ClF2N3O3. The lowest BCUT2D eigenvalue weighted by Crippen LogP contribution is -2.40. The van der Waals surface area contributed by atoms with E-state index in [-0.39, 0.29) is 31.2 Å². The molecule has 1 unspecified atom stereocenters. The molecule has 9 heteroatoms. The van der Waals surface area contributed by atoms with E-state index in [2.05, 4.69) is 15.4 Å². The van der Waals surface area contributed by atoms with Gasteiger partial charge < -0.3 is 21.1 Å². The van der Waals surface area contributed by atoms with Crippen LogP contribution in [0.3, 0.4) is 0 Å². The molecule has 1 aromatic rings. The first-order valence-electron chi connectivity index (χ1n) is 6.77. The molecule has 0 aliphatic carbocycles. The van der Waals surface area contributed by atoms with Crippen LogP contribution in [-0.4, -0.2) is 31.5 Å². The zero-order chi connectivity index (χ0) is 16.5.